The fourth-order valence-corrected chi connectivity index (χ4v) is 1.66. The smallest absolute Gasteiger partial charge is 0.254 e. The van der Waals surface area contributed by atoms with Gasteiger partial charge in [-0.1, -0.05) is 17.8 Å². The first kappa shape index (κ1) is 6.67. The van der Waals surface area contributed by atoms with E-state index in [1.165, 1.54) is 17.8 Å². The van der Waals surface area contributed by atoms with E-state index in [1.807, 2.05) is 11.5 Å². The molecule has 2 heterocycles. The highest BCUT2D eigenvalue weighted by atomic mass is 32.2. The molecule has 0 amide bonds. The van der Waals surface area contributed by atoms with Crippen molar-refractivity contribution in [3.05, 3.63) is 34.1 Å². The molecule has 0 fully saturated rings. The largest absolute Gasteiger partial charge is 0.283 e. The van der Waals surface area contributed by atoms with E-state index in [-0.39, 0.29) is 5.56 Å². The molecule has 0 atom stereocenters. The third-order valence-electron chi connectivity index (χ3n) is 1.46. The number of rotatable bonds is 0. The number of fused-ring (bicyclic) bond motifs is 1. The van der Waals surface area contributed by atoms with Crippen LogP contribution >= 0.6 is 11.8 Å². The normalized spacial score (nSPS) is 14.5. The van der Waals surface area contributed by atoms with Crippen LogP contribution in [-0.4, -0.2) is 9.55 Å². The summed E-state index contributed by atoms with van der Waals surface area (Å²) < 4.78 is 1.64. The van der Waals surface area contributed by atoms with E-state index < -0.39 is 0 Å². The van der Waals surface area contributed by atoms with Crippen molar-refractivity contribution in [2.45, 2.75) is 11.7 Å². The van der Waals surface area contributed by atoms with Crippen LogP contribution in [0.1, 0.15) is 0 Å². The van der Waals surface area contributed by atoms with E-state index in [2.05, 4.69) is 4.98 Å². The van der Waals surface area contributed by atoms with Gasteiger partial charge in [-0.3, -0.25) is 9.36 Å². The summed E-state index contributed by atoms with van der Waals surface area (Å²) in [4.78, 5) is 15.2. The van der Waals surface area contributed by atoms with Crippen LogP contribution < -0.4 is 5.56 Å². The van der Waals surface area contributed by atoms with E-state index >= 15 is 0 Å². The van der Waals surface area contributed by atoms with Crippen molar-refractivity contribution >= 4 is 11.8 Å². The van der Waals surface area contributed by atoms with Gasteiger partial charge in [0.15, 0.2) is 5.16 Å². The van der Waals surface area contributed by atoms with Gasteiger partial charge >= 0.3 is 0 Å². The Morgan fingerprint density at radius 3 is 3.36 bits per heavy atom. The van der Waals surface area contributed by atoms with Gasteiger partial charge in [-0.2, -0.15) is 0 Å². The number of hydrogen-bond acceptors (Lipinski definition) is 3. The summed E-state index contributed by atoms with van der Waals surface area (Å²) in [7, 11) is 0. The summed E-state index contributed by atoms with van der Waals surface area (Å²) in [5.41, 5.74) is 0.0202. The molecule has 0 saturated heterocycles. The predicted molar refractivity (Wildman–Crippen MR) is 43.5 cm³/mol. The number of aromatic nitrogens is 2. The Kier molecular flexibility index (Phi) is 1.54. The Bertz CT molecular complexity index is 356. The second-order valence-corrected chi connectivity index (χ2v) is 3.04. The van der Waals surface area contributed by atoms with Crippen molar-refractivity contribution in [2.75, 3.05) is 0 Å². The molecule has 0 aliphatic carbocycles. The van der Waals surface area contributed by atoms with Crippen LogP contribution in [0.2, 0.25) is 0 Å². The summed E-state index contributed by atoms with van der Waals surface area (Å²) in [5, 5.41) is 2.72. The van der Waals surface area contributed by atoms with Crippen molar-refractivity contribution in [1.29, 1.82) is 0 Å². The molecule has 1 aromatic heterocycles. The van der Waals surface area contributed by atoms with Crippen molar-refractivity contribution in [1.82, 2.24) is 9.55 Å². The lowest BCUT2D eigenvalue weighted by Gasteiger charge is -2.09. The summed E-state index contributed by atoms with van der Waals surface area (Å²) in [6.07, 6.45) is 3.49. The zero-order valence-electron chi connectivity index (χ0n) is 5.73. The Labute approximate surface area is 67.8 Å². The molecule has 0 saturated carbocycles. The summed E-state index contributed by atoms with van der Waals surface area (Å²) in [6.45, 7) is 0.648. The van der Waals surface area contributed by atoms with E-state index in [0.717, 1.165) is 5.16 Å². The Hall–Kier alpha value is -1.03. The third kappa shape index (κ3) is 1.09. The van der Waals surface area contributed by atoms with Gasteiger partial charge in [0.05, 0.1) is 0 Å². The maximum Gasteiger partial charge on any atom is 0.254 e. The Morgan fingerprint density at radius 1 is 1.64 bits per heavy atom. The van der Waals surface area contributed by atoms with Gasteiger partial charge in [-0.05, 0) is 5.41 Å². The Balaban J connectivity index is 2.63. The number of hydrogen-bond donors (Lipinski definition) is 0. The van der Waals surface area contributed by atoms with Crippen LogP contribution in [0.15, 0.2) is 33.7 Å². The number of thioether (sulfide) groups is 1. The minimum atomic E-state index is 0.0202. The maximum atomic E-state index is 11.1. The minimum Gasteiger partial charge on any atom is -0.283 e. The van der Waals surface area contributed by atoms with Crippen LogP contribution in [0, 0.1) is 0 Å². The quantitative estimate of drug-likeness (QED) is 0.536. The predicted octanol–water partition coefficient (Wildman–Crippen LogP) is 0.863. The monoisotopic (exact) mass is 166 g/mol. The van der Waals surface area contributed by atoms with Crippen molar-refractivity contribution in [2.24, 2.45) is 0 Å². The average Bonchev–Trinajstić information content (AvgIpc) is 2.06. The van der Waals surface area contributed by atoms with Gasteiger partial charge in [0.1, 0.15) is 0 Å². The summed E-state index contributed by atoms with van der Waals surface area (Å²) in [5.74, 6) is 0. The van der Waals surface area contributed by atoms with Crippen molar-refractivity contribution < 1.29 is 0 Å². The molecular formula is C7H6N2OS. The zero-order valence-corrected chi connectivity index (χ0v) is 6.54. The first-order chi connectivity index (χ1) is 5.38. The first-order valence-electron chi connectivity index (χ1n) is 3.25. The highest BCUT2D eigenvalue weighted by Crippen LogP contribution is 2.18. The van der Waals surface area contributed by atoms with Crippen molar-refractivity contribution in [3.8, 4) is 0 Å². The van der Waals surface area contributed by atoms with Crippen LogP contribution in [0.5, 0.6) is 0 Å². The molecule has 1 aliphatic heterocycles. The average molecular weight is 166 g/mol. The van der Waals surface area contributed by atoms with Gasteiger partial charge < -0.3 is 0 Å². The molecule has 0 unspecified atom stereocenters. The van der Waals surface area contributed by atoms with Crippen LogP contribution in [0.3, 0.4) is 0 Å². The van der Waals surface area contributed by atoms with E-state index in [9.17, 15) is 4.79 Å². The van der Waals surface area contributed by atoms with Crippen LogP contribution in [0.4, 0.5) is 0 Å². The molecule has 0 spiro atoms. The van der Waals surface area contributed by atoms with Gasteiger partial charge in [0.25, 0.3) is 5.56 Å². The SMILES string of the molecule is O=c1ccnc2n1CC=CS2. The molecule has 11 heavy (non-hydrogen) atoms. The van der Waals surface area contributed by atoms with Gasteiger partial charge in [0.2, 0.25) is 0 Å². The second kappa shape index (κ2) is 2.54. The molecule has 1 aliphatic rings. The lowest BCUT2D eigenvalue weighted by molar-refractivity contribution is 0.653. The van der Waals surface area contributed by atoms with Gasteiger partial charge in [-0.15, -0.1) is 0 Å². The fraction of sp³-hybridized carbons (Fsp3) is 0.143. The molecule has 4 heteroatoms. The highest BCUT2D eigenvalue weighted by molar-refractivity contribution is 8.02. The van der Waals surface area contributed by atoms with E-state index in [4.69, 9.17) is 0 Å². The van der Waals surface area contributed by atoms with Crippen molar-refractivity contribution in [3.63, 3.8) is 0 Å². The van der Waals surface area contributed by atoms with E-state index in [1.54, 1.807) is 10.8 Å². The lowest BCUT2D eigenvalue weighted by atomic mass is 10.5. The van der Waals surface area contributed by atoms with E-state index in [0.29, 0.717) is 6.54 Å². The lowest BCUT2D eigenvalue weighted by Crippen LogP contribution is -2.21. The molecule has 0 N–H and O–H groups in total. The van der Waals surface area contributed by atoms with Gasteiger partial charge in [-0.25, -0.2) is 4.98 Å². The van der Waals surface area contributed by atoms with Crippen LogP contribution in [0.25, 0.3) is 0 Å². The van der Waals surface area contributed by atoms with Gasteiger partial charge in [0, 0.05) is 18.8 Å². The Morgan fingerprint density at radius 2 is 2.55 bits per heavy atom. The third-order valence-corrected chi connectivity index (χ3v) is 2.32. The summed E-state index contributed by atoms with van der Waals surface area (Å²) >= 11 is 1.47. The molecular weight excluding hydrogens is 160 g/mol. The number of allylic oxidation sites excluding steroid dienone is 1. The zero-order chi connectivity index (χ0) is 7.68. The summed E-state index contributed by atoms with van der Waals surface area (Å²) in [6, 6.07) is 1.48. The molecule has 0 bridgehead atoms. The maximum absolute atomic E-state index is 11.1. The van der Waals surface area contributed by atoms with Crippen LogP contribution in [-0.2, 0) is 6.54 Å². The molecule has 0 aromatic carbocycles. The minimum absolute atomic E-state index is 0.0202. The molecule has 3 nitrogen and oxygen atoms in total. The molecule has 1 aromatic rings. The second-order valence-electron chi connectivity index (χ2n) is 2.17. The first-order valence-corrected chi connectivity index (χ1v) is 4.13. The number of nitrogens with zero attached hydrogens (tertiary/aromatic N) is 2. The highest BCUT2D eigenvalue weighted by Gasteiger charge is 2.05. The standard InChI is InChI=1S/C7H6N2OS/c10-6-2-3-8-7-9(6)4-1-5-11-7/h1-3,5H,4H2. The topological polar surface area (TPSA) is 34.9 Å². The fourth-order valence-electron chi connectivity index (χ4n) is 0.938. The molecule has 2 rings (SSSR count). The molecule has 0 radical (unpaired) electrons. The molecule has 56 valence electrons.